The molecule has 1 aromatic rings. The maximum atomic E-state index is 12.8. The van der Waals surface area contributed by atoms with Crippen molar-refractivity contribution < 1.29 is 9.50 Å². The first-order valence-corrected chi connectivity index (χ1v) is 5.80. The van der Waals surface area contributed by atoms with Crippen molar-refractivity contribution >= 4 is 11.6 Å². The van der Waals surface area contributed by atoms with Crippen LogP contribution in [0.2, 0.25) is 5.02 Å². The minimum atomic E-state index is -0.381. The number of halogens is 2. The minimum Gasteiger partial charge on any atom is -0.393 e. The summed E-state index contributed by atoms with van der Waals surface area (Å²) in [6.45, 7) is 5.97. The van der Waals surface area contributed by atoms with Gasteiger partial charge in [0.15, 0.2) is 0 Å². The molecule has 1 atom stereocenters. The third-order valence-electron chi connectivity index (χ3n) is 2.70. The van der Waals surface area contributed by atoms with E-state index in [0.717, 1.165) is 5.56 Å². The van der Waals surface area contributed by atoms with Crippen LogP contribution in [0.25, 0.3) is 0 Å². The lowest BCUT2D eigenvalue weighted by molar-refractivity contribution is 0.0560. The number of aryl methyl sites for hydroxylation is 1. The van der Waals surface area contributed by atoms with E-state index in [4.69, 9.17) is 11.6 Å². The van der Waals surface area contributed by atoms with Gasteiger partial charge in [0.25, 0.3) is 0 Å². The van der Waals surface area contributed by atoms with E-state index in [1.165, 1.54) is 12.1 Å². The molecule has 1 N–H and O–H groups in total. The average Bonchev–Trinajstić information content (AvgIpc) is 2.14. The largest absolute Gasteiger partial charge is 0.393 e. The number of rotatable bonds is 3. The van der Waals surface area contributed by atoms with Crippen molar-refractivity contribution in [1.82, 2.24) is 0 Å². The molecule has 1 rings (SSSR count). The second kappa shape index (κ2) is 5.15. The second-order valence-electron chi connectivity index (χ2n) is 5.16. The minimum absolute atomic E-state index is 0.132. The Morgan fingerprint density at radius 3 is 2.50 bits per heavy atom. The summed E-state index contributed by atoms with van der Waals surface area (Å²) in [5.41, 5.74) is 0.748. The van der Waals surface area contributed by atoms with Crippen LogP contribution in [0.4, 0.5) is 4.39 Å². The maximum Gasteiger partial charge on any atom is 0.124 e. The molecule has 0 fully saturated rings. The lowest BCUT2D eigenvalue weighted by Gasteiger charge is -2.25. The van der Waals surface area contributed by atoms with Gasteiger partial charge >= 0.3 is 0 Å². The molecule has 1 nitrogen and oxygen atoms in total. The number of aliphatic hydroxyl groups excluding tert-OH is 1. The van der Waals surface area contributed by atoms with Crippen molar-refractivity contribution in [3.63, 3.8) is 0 Å². The second-order valence-corrected chi connectivity index (χ2v) is 5.56. The molecule has 0 saturated carbocycles. The molecule has 0 saturated heterocycles. The molecule has 1 aromatic carbocycles. The van der Waals surface area contributed by atoms with Crippen molar-refractivity contribution in [2.75, 3.05) is 0 Å². The first-order valence-electron chi connectivity index (χ1n) is 5.42. The van der Waals surface area contributed by atoms with Gasteiger partial charge in [0.05, 0.1) is 6.10 Å². The summed E-state index contributed by atoms with van der Waals surface area (Å²) in [7, 11) is 0. The van der Waals surface area contributed by atoms with Crippen LogP contribution in [0, 0.1) is 11.2 Å². The predicted octanol–water partition coefficient (Wildman–Crippen LogP) is 3.82. The third-order valence-corrected chi connectivity index (χ3v) is 3.05. The van der Waals surface area contributed by atoms with Crippen LogP contribution < -0.4 is 0 Å². The lowest BCUT2D eigenvalue weighted by atomic mass is 9.86. The fourth-order valence-corrected chi connectivity index (χ4v) is 1.71. The predicted molar refractivity (Wildman–Crippen MR) is 65.2 cm³/mol. The summed E-state index contributed by atoms with van der Waals surface area (Å²) in [5, 5.41) is 10.3. The maximum absolute atomic E-state index is 12.8. The summed E-state index contributed by atoms with van der Waals surface area (Å²) >= 11 is 5.91. The SMILES string of the molecule is CC(C)(C)C(O)CCc1ccc(F)cc1Cl. The molecule has 0 aliphatic carbocycles. The van der Waals surface area contributed by atoms with Crippen LogP contribution in [-0.4, -0.2) is 11.2 Å². The molecule has 0 spiro atoms. The quantitative estimate of drug-likeness (QED) is 0.857. The highest BCUT2D eigenvalue weighted by molar-refractivity contribution is 6.31. The van der Waals surface area contributed by atoms with Crippen molar-refractivity contribution in [3.05, 3.63) is 34.6 Å². The highest BCUT2D eigenvalue weighted by Gasteiger charge is 2.21. The monoisotopic (exact) mass is 244 g/mol. The zero-order chi connectivity index (χ0) is 12.3. The van der Waals surface area contributed by atoms with Crippen molar-refractivity contribution in [2.45, 2.75) is 39.7 Å². The Morgan fingerprint density at radius 2 is 2.00 bits per heavy atom. The van der Waals surface area contributed by atoms with Gasteiger partial charge in [-0.25, -0.2) is 4.39 Å². The molecule has 90 valence electrons. The molecule has 0 aromatic heterocycles. The first-order chi connectivity index (χ1) is 7.30. The van der Waals surface area contributed by atoms with Gasteiger partial charge in [-0.3, -0.25) is 0 Å². The summed E-state index contributed by atoms with van der Waals surface area (Å²) in [4.78, 5) is 0. The standard InChI is InChI=1S/C13H18ClFO/c1-13(2,3)12(16)7-5-9-4-6-10(15)8-11(9)14/h4,6,8,12,16H,5,7H2,1-3H3. The van der Waals surface area contributed by atoms with Gasteiger partial charge in [0, 0.05) is 5.02 Å². The van der Waals surface area contributed by atoms with E-state index in [-0.39, 0.29) is 17.3 Å². The van der Waals surface area contributed by atoms with Gasteiger partial charge in [-0.05, 0) is 36.0 Å². The molecule has 0 heterocycles. The summed E-state index contributed by atoms with van der Waals surface area (Å²) < 4.78 is 12.8. The molecular formula is C13H18ClFO. The molecule has 0 aliphatic heterocycles. The Morgan fingerprint density at radius 1 is 1.38 bits per heavy atom. The van der Waals surface area contributed by atoms with Crippen molar-refractivity contribution in [3.8, 4) is 0 Å². The van der Waals surface area contributed by atoms with Crippen LogP contribution >= 0.6 is 11.6 Å². The van der Waals surface area contributed by atoms with E-state index >= 15 is 0 Å². The molecular weight excluding hydrogens is 227 g/mol. The van der Waals surface area contributed by atoms with E-state index in [1.54, 1.807) is 6.07 Å². The topological polar surface area (TPSA) is 20.2 Å². The van der Waals surface area contributed by atoms with Crippen LogP contribution in [0.15, 0.2) is 18.2 Å². The van der Waals surface area contributed by atoms with Crippen LogP contribution in [-0.2, 0) is 6.42 Å². The van der Waals surface area contributed by atoms with E-state index < -0.39 is 0 Å². The van der Waals surface area contributed by atoms with Gasteiger partial charge < -0.3 is 5.11 Å². The highest BCUT2D eigenvalue weighted by Crippen LogP contribution is 2.25. The Kier molecular flexibility index (Phi) is 4.34. The molecule has 16 heavy (non-hydrogen) atoms. The molecule has 3 heteroatoms. The first kappa shape index (κ1) is 13.5. The summed E-state index contributed by atoms with van der Waals surface area (Å²) in [6, 6.07) is 4.37. The smallest absolute Gasteiger partial charge is 0.124 e. The lowest BCUT2D eigenvalue weighted by Crippen LogP contribution is -2.26. The van der Waals surface area contributed by atoms with Crippen molar-refractivity contribution in [2.24, 2.45) is 5.41 Å². The Hall–Kier alpha value is -0.600. The summed E-state index contributed by atoms with van der Waals surface area (Å²) in [5.74, 6) is -0.329. The van der Waals surface area contributed by atoms with Gasteiger partial charge in [-0.1, -0.05) is 38.4 Å². The number of benzene rings is 1. The Bertz CT molecular complexity index is 357. The normalized spacial score (nSPS) is 13.9. The number of hydrogen-bond donors (Lipinski definition) is 1. The average molecular weight is 245 g/mol. The van der Waals surface area contributed by atoms with Crippen LogP contribution in [0.5, 0.6) is 0 Å². The van der Waals surface area contributed by atoms with E-state index in [0.29, 0.717) is 17.9 Å². The Labute approximate surface area is 101 Å². The zero-order valence-electron chi connectivity index (χ0n) is 9.93. The highest BCUT2D eigenvalue weighted by atomic mass is 35.5. The van der Waals surface area contributed by atoms with E-state index in [9.17, 15) is 9.50 Å². The number of aliphatic hydroxyl groups is 1. The van der Waals surface area contributed by atoms with Crippen molar-refractivity contribution in [1.29, 1.82) is 0 Å². The molecule has 1 unspecified atom stereocenters. The fourth-order valence-electron chi connectivity index (χ4n) is 1.45. The van der Waals surface area contributed by atoms with Crippen LogP contribution in [0.3, 0.4) is 0 Å². The molecule has 0 aliphatic rings. The van der Waals surface area contributed by atoms with Crippen LogP contribution in [0.1, 0.15) is 32.8 Å². The number of hydrogen-bond acceptors (Lipinski definition) is 1. The molecule has 0 amide bonds. The third kappa shape index (κ3) is 3.76. The van der Waals surface area contributed by atoms with Gasteiger partial charge in [0.2, 0.25) is 0 Å². The Balaban J connectivity index is 2.62. The zero-order valence-corrected chi connectivity index (χ0v) is 10.7. The summed E-state index contributed by atoms with van der Waals surface area (Å²) in [6.07, 6.45) is 0.917. The molecule has 0 bridgehead atoms. The van der Waals surface area contributed by atoms with Gasteiger partial charge in [-0.2, -0.15) is 0 Å². The molecule has 0 radical (unpaired) electrons. The fraction of sp³-hybridized carbons (Fsp3) is 0.538. The van der Waals surface area contributed by atoms with Gasteiger partial charge in [0.1, 0.15) is 5.82 Å². The van der Waals surface area contributed by atoms with E-state index in [1.807, 2.05) is 20.8 Å². The van der Waals surface area contributed by atoms with E-state index in [2.05, 4.69) is 0 Å². The van der Waals surface area contributed by atoms with Gasteiger partial charge in [-0.15, -0.1) is 0 Å².